The van der Waals surface area contributed by atoms with Crippen LogP contribution in [0.5, 0.6) is 5.75 Å². The van der Waals surface area contributed by atoms with Crippen LogP contribution in [0.3, 0.4) is 0 Å². The third kappa shape index (κ3) is 4.61. The van der Waals surface area contributed by atoms with E-state index in [1.807, 2.05) is 36.9 Å². The molecule has 0 bridgehead atoms. The summed E-state index contributed by atoms with van der Waals surface area (Å²) < 4.78 is 11.1. The van der Waals surface area contributed by atoms with Crippen molar-refractivity contribution in [1.82, 2.24) is 0 Å². The normalized spacial score (nSPS) is 11.0. The number of carbonyl (C=O) groups is 1. The molecule has 0 saturated carbocycles. The van der Waals surface area contributed by atoms with E-state index < -0.39 is 12.6 Å². The van der Waals surface area contributed by atoms with Gasteiger partial charge in [-0.15, -0.1) is 0 Å². The molecule has 0 unspecified atom stereocenters. The first kappa shape index (κ1) is 18.4. The zero-order valence-electron chi connectivity index (χ0n) is 14.7. The van der Waals surface area contributed by atoms with Crippen LogP contribution in [-0.2, 0) is 17.6 Å². The van der Waals surface area contributed by atoms with Crippen LogP contribution in [-0.4, -0.2) is 24.1 Å². The van der Waals surface area contributed by atoms with Crippen LogP contribution >= 0.6 is 11.8 Å². The summed E-state index contributed by atoms with van der Waals surface area (Å²) in [7, 11) is 0. The van der Waals surface area contributed by atoms with Gasteiger partial charge in [-0.2, -0.15) is 11.8 Å². The maximum Gasteiger partial charge on any atom is 0.176 e. The Morgan fingerprint density at radius 1 is 1.08 bits per heavy atom. The molecular weight excluding hydrogens is 348 g/mol. The highest BCUT2D eigenvalue weighted by Crippen LogP contribution is 2.33. The van der Waals surface area contributed by atoms with E-state index in [-0.39, 0.29) is 0 Å². The lowest BCUT2D eigenvalue weighted by molar-refractivity contribution is -0.307. The quantitative estimate of drug-likeness (QED) is 0.541. The Labute approximate surface area is 157 Å². The Hall–Kier alpha value is -2.40. The summed E-state index contributed by atoms with van der Waals surface area (Å²) >= 11 is 1.92. The summed E-state index contributed by atoms with van der Waals surface area (Å²) in [6.45, 7) is 1.45. The molecule has 136 valence electrons. The first-order valence-electron chi connectivity index (χ1n) is 8.60. The number of carboxylic acids is 1. The second-order valence-electron chi connectivity index (χ2n) is 6.03. The number of hydrogen-bond donors (Lipinski definition) is 0. The van der Waals surface area contributed by atoms with Crippen molar-refractivity contribution in [3.63, 3.8) is 0 Å². The van der Waals surface area contributed by atoms with Crippen LogP contribution < -0.4 is 9.84 Å². The molecule has 0 amide bonds. The number of ether oxygens (including phenoxy) is 1. The number of benzene rings is 2. The van der Waals surface area contributed by atoms with Gasteiger partial charge in [0.25, 0.3) is 0 Å². The first-order chi connectivity index (χ1) is 12.6. The van der Waals surface area contributed by atoms with Crippen LogP contribution in [0.15, 0.2) is 52.9 Å². The fraction of sp³-hybridized carbons (Fsp3) is 0.286. The van der Waals surface area contributed by atoms with Gasteiger partial charge < -0.3 is 19.1 Å². The Balaban J connectivity index is 1.60. The van der Waals surface area contributed by atoms with E-state index in [1.54, 1.807) is 6.07 Å². The fourth-order valence-corrected chi connectivity index (χ4v) is 3.87. The van der Waals surface area contributed by atoms with Gasteiger partial charge in [0.1, 0.15) is 12.4 Å². The van der Waals surface area contributed by atoms with Gasteiger partial charge in [-0.25, -0.2) is 0 Å². The molecule has 2 aromatic carbocycles. The summed E-state index contributed by atoms with van der Waals surface area (Å²) in [5.74, 6) is 2.14. The van der Waals surface area contributed by atoms with Crippen molar-refractivity contribution in [2.24, 2.45) is 0 Å². The summed E-state index contributed by atoms with van der Waals surface area (Å²) in [6.07, 6.45) is 1.97. The number of aliphatic carboxylic acids is 1. The standard InChI is InChI=1S/C21H22O4S/c1-15-17(11-13-26-12-10-16-6-3-2-4-7-16)18-8-5-9-19(21(18)25-15)24-14-20(22)23/h2-9H,10-14H2,1H3,(H,22,23)/p-1. The van der Waals surface area contributed by atoms with Gasteiger partial charge in [-0.1, -0.05) is 42.5 Å². The molecule has 3 rings (SSSR count). The summed E-state index contributed by atoms with van der Waals surface area (Å²) in [5.41, 5.74) is 3.13. The molecule has 0 radical (unpaired) electrons. The average Bonchev–Trinajstić information content (AvgIpc) is 2.96. The molecule has 0 atom stereocenters. The molecule has 5 heteroatoms. The van der Waals surface area contributed by atoms with Crippen molar-refractivity contribution in [3.05, 3.63) is 65.4 Å². The van der Waals surface area contributed by atoms with Gasteiger partial charge in [-0.05, 0) is 42.9 Å². The third-order valence-electron chi connectivity index (χ3n) is 4.20. The molecule has 0 fully saturated rings. The summed E-state index contributed by atoms with van der Waals surface area (Å²) in [5, 5.41) is 11.6. The molecule has 4 nitrogen and oxygen atoms in total. The second-order valence-corrected chi connectivity index (χ2v) is 7.25. The minimum atomic E-state index is -1.25. The smallest absolute Gasteiger partial charge is 0.176 e. The number of furan rings is 1. The fourth-order valence-electron chi connectivity index (χ4n) is 2.94. The van der Waals surface area contributed by atoms with Gasteiger partial charge in [0.05, 0.1) is 5.97 Å². The van der Waals surface area contributed by atoms with Crippen molar-refractivity contribution >= 4 is 28.7 Å². The predicted molar refractivity (Wildman–Crippen MR) is 103 cm³/mol. The van der Waals surface area contributed by atoms with E-state index in [1.165, 1.54) is 5.56 Å². The lowest BCUT2D eigenvalue weighted by Crippen LogP contribution is -2.28. The number of para-hydroxylation sites is 1. The van der Waals surface area contributed by atoms with E-state index in [9.17, 15) is 9.90 Å². The molecule has 26 heavy (non-hydrogen) atoms. The predicted octanol–water partition coefficient (Wildman–Crippen LogP) is 3.39. The van der Waals surface area contributed by atoms with E-state index in [4.69, 9.17) is 9.15 Å². The molecule has 0 aliphatic carbocycles. The van der Waals surface area contributed by atoms with Gasteiger partial charge in [0, 0.05) is 10.9 Å². The summed E-state index contributed by atoms with van der Waals surface area (Å²) in [4.78, 5) is 10.6. The van der Waals surface area contributed by atoms with Crippen LogP contribution in [0.4, 0.5) is 0 Å². The molecular formula is C21H21O4S-. The number of thioether (sulfide) groups is 1. The van der Waals surface area contributed by atoms with E-state index in [0.29, 0.717) is 11.3 Å². The number of hydrogen-bond acceptors (Lipinski definition) is 5. The first-order valence-corrected chi connectivity index (χ1v) is 9.76. The molecule has 0 aliphatic rings. The van der Waals surface area contributed by atoms with Crippen molar-refractivity contribution in [2.75, 3.05) is 18.1 Å². The molecule has 0 N–H and O–H groups in total. The number of fused-ring (bicyclic) bond motifs is 1. The highest BCUT2D eigenvalue weighted by molar-refractivity contribution is 7.99. The lowest BCUT2D eigenvalue weighted by atomic mass is 10.1. The van der Waals surface area contributed by atoms with Gasteiger partial charge in [0.2, 0.25) is 0 Å². The molecule has 0 aliphatic heterocycles. The Kier molecular flexibility index (Phi) is 6.23. The van der Waals surface area contributed by atoms with E-state index >= 15 is 0 Å². The van der Waals surface area contributed by atoms with Crippen LogP contribution in [0.25, 0.3) is 11.0 Å². The highest BCUT2D eigenvalue weighted by Gasteiger charge is 2.14. The minimum absolute atomic E-state index is 0.442. The number of aryl methyl sites for hydroxylation is 3. The highest BCUT2D eigenvalue weighted by atomic mass is 32.2. The maximum absolute atomic E-state index is 10.6. The van der Waals surface area contributed by atoms with Crippen LogP contribution in [0.1, 0.15) is 16.9 Å². The number of carbonyl (C=O) groups excluding carboxylic acids is 1. The molecule has 0 saturated heterocycles. The monoisotopic (exact) mass is 369 g/mol. The summed E-state index contributed by atoms with van der Waals surface area (Å²) in [6, 6.07) is 16.0. The average molecular weight is 369 g/mol. The van der Waals surface area contributed by atoms with Crippen molar-refractivity contribution in [2.45, 2.75) is 19.8 Å². The lowest BCUT2D eigenvalue weighted by Gasteiger charge is -2.07. The van der Waals surface area contributed by atoms with Gasteiger partial charge in [0.15, 0.2) is 11.3 Å². The van der Waals surface area contributed by atoms with Crippen molar-refractivity contribution < 1.29 is 19.1 Å². The molecule has 1 heterocycles. The Morgan fingerprint density at radius 3 is 2.62 bits per heavy atom. The molecule has 1 aromatic heterocycles. The van der Waals surface area contributed by atoms with Crippen molar-refractivity contribution in [1.29, 1.82) is 0 Å². The van der Waals surface area contributed by atoms with Gasteiger partial charge in [-0.3, -0.25) is 0 Å². The Bertz CT molecular complexity index is 870. The topological polar surface area (TPSA) is 62.5 Å². The van der Waals surface area contributed by atoms with Crippen LogP contribution in [0, 0.1) is 6.92 Å². The Morgan fingerprint density at radius 2 is 1.85 bits per heavy atom. The zero-order valence-corrected chi connectivity index (χ0v) is 15.5. The molecule has 3 aromatic rings. The minimum Gasteiger partial charge on any atom is -0.546 e. The van der Waals surface area contributed by atoms with Gasteiger partial charge >= 0.3 is 0 Å². The SMILES string of the molecule is Cc1oc2c(OCC(=O)[O-])cccc2c1CCSCCc1ccccc1. The third-order valence-corrected chi connectivity index (χ3v) is 5.19. The largest absolute Gasteiger partial charge is 0.546 e. The van der Waals surface area contributed by atoms with Crippen LogP contribution in [0.2, 0.25) is 0 Å². The number of rotatable bonds is 9. The van der Waals surface area contributed by atoms with E-state index in [0.717, 1.165) is 41.1 Å². The zero-order chi connectivity index (χ0) is 18.4. The van der Waals surface area contributed by atoms with Crippen molar-refractivity contribution in [3.8, 4) is 5.75 Å². The maximum atomic E-state index is 10.6. The van der Waals surface area contributed by atoms with E-state index in [2.05, 4.69) is 24.3 Å². The second kappa shape index (κ2) is 8.81. The molecule has 0 spiro atoms. The number of carboxylic acid groups (broad SMARTS) is 1.